The zero-order chi connectivity index (χ0) is 19.0. The molecule has 2 aliphatic rings. The lowest BCUT2D eigenvalue weighted by atomic mass is 10.1. The number of thioether (sulfide) groups is 1. The summed E-state index contributed by atoms with van der Waals surface area (Å²) in [5, 5.41) is 2.98. The summed E-state index contributed by atoms with van der Waals surface area (Å²) in [7, 11) is 3.35. The Morgan fingerprint density at radius 1 is 1.26 bits per heavy atom. The number of hydrogen-bond donors (Lipinski definition) is 1. The standard InChI is InChI=1S/C21H20N2O3S/c1-23-16-11-14(20(24)22-15-8-9-15)7-10-18(16)27-19(21(23)25)12-13-5-3-4-6-17(13)26-2/h3-7,10-12,15H,8-9H2,1-2H3,(H,22,24). The maximum Gasteiger partial charge on any atom is 0.264 e. The van der Waals surface area contributed by atoms with E-state index in [1.807, 2.05) is 42.5 Å². The van der Waals surface area contributed by atoms with E-state index in [0.29, 0.717) is 16.5 Å². The molecule has 6 heteroatoms. The van der Waals surface area contributed by atoms with Crippen LogP contribution in [0.5, 0.6) is 5.75 Å². The van der Waals surface area contributed by atoms with E-state index in [-0.39, 0.29) is 11.8 Å². The highest BCUT2D eigenvalue weighted by Gasteiger charge is 2.29. The van der Waals surface area contributed by atoms with Crippen LogP contribution >= 0.6 is 11.8 Å². The van der Waals surface area contributed by atoms with Crippen molar-refractivity contribution in [2.24, 2.45) is 0 Å². The summed E-state index contributed by atoms with van der Waals surface area (Å²) in [6.07, 6.45) is 3.93. The number of amides is 2. The van der Waals surface area contributed by atoms with Gasteiger partial charge in [0.1, 0.15) is 5.75 Å². The molecule has 0 aromatic heterocycles. The van der Waals surface area contributed by atoms with Crippen LogP contribution < -0.4 is 15.0 Å². The van der Waals surface area contributed by atoms with Crippen molar-refractivity contribution in [3.63, 3.8) is 0 Å². The monoisotopic (exact) mass is 380 g/mol. The van der Waals surface area contributed by atoms with Crippen molar-refractivity contribution in [2.75, 3.05) is 19.1 Å². The number of fused-ring (bicyclic) bond motifs is 1. The van der Waals surface area contributed by atoms with Crippen LogP contribution in [0.15, 0.2) is 52.3 Å². The van der Waals surface area contributed by atoms with Gasteiger partial charge >= 0.3 is 0 Å². The number of para-hydroxylation sites is 1. The molecule has 5 nitrogen and oxygen atoms in total. The van der Waals surface area contributed by atoms with Gasteiger partial charge in [0.25, 0.3) is 11.8 Å². The topological polar surface area (TPSA) is 58.6 Å². The van der Waals surface area contributed by atoms with E-state index in [4.69, 9.17) is 4.74 Å². The summed E-state index contributed by atoms with van der Waals surface area (Å²) in [6, 6.07) is 13.4. The second kappa shape index (κ2) is 7.12. The second-order valence-electron chi connectivity index (χ2n) is 6.65. The molecule has 1 aliphatic heterocycles. The van der Waals surface area contributed by atoms with Gasteiger partial charge in [0.15, 0.2) is 0 Å². The summed E-state index contributed by atoms with van der Waals surface area (Å²) in [4.78, 5) is 28.3. The Bertz CT molecular complexity index is 950. The number of anilines is 1. The average molecular weight is 380 g/mol. The smallest absolute Gasteiger partial charge is 0.264 e. The number of ether oxygens (including phenoxy) is 1. The molecular weight excluding hydrogens is 360 g/mol. The molecule has 0 unspecified atom stereocenters. The first-order chi connectivity index (χ1) is 13.1. The third kappa shape index (κ3) is 3.57. The molecule has 0 radical (unpaired) electrons. The molecule has 2 aromatic rings. The lowest BCUT2D eigenvalue weighted by Crippen LogP contribution is -2.31. The summed E-state index contributed by atoms with van der Waals surface area (Å²) in [6.45, 7) is 0. The number of nitrogens with one attached hydrogen (secondary N) is 1. The van der Waals surface area contributed by atoms with Crippen molar-refractivity contribution >= 4 is 35.3 Å². The van der Waals surface area contributed by atoms with Crippen molar-refractivity contribution in [1.29, 1.82) is 0 Å². The van der Waals surface area contributed by atoms with Crippen molar-refractivity contribution in [1.82, 2.24) is 5.32 Å². The van der Waals surface area contributed by atoms with Crippen molar-refractivity contribution in [3.8, 4) is 5.75 Å². The molecule has 1 aliphatic carbocycles. The van der Waals surface area contributed by atoms with Gasteiger partial charge in [0, 0.05) is 29.1 Å². The molecule has 1 heterocycles. The van der Waals surface area contributed by atoms with Crippen LogP contribution in [-0.2, 0) is 4.79 Å². The Balaban J connectivity index is 1.65. The zero-order valence-electron chi connectivity index (χ0n) is 15.2. The molecule has 138 valence electrons. The highest BCUT2D eigenvalue weighted by molar-refractivity contribution is 8.04. The number of hydrogen-bond acceptors (Lipinski definition) is 4. The highest BCUT2D eigenvalue weighted by Crippen LogP contribution is 2.42. The van der Waals surface area contributed by atoms with Gasteiger partial charge in [-0.05, 0) is 43.2 Å². The summed E-state index contributed by atoms with van der Waals surface area (Å²) in [5.74, 6) is 0.540. The Kier molecular flexibility index (Phi) is 4.66. The van der Waals surface area contributed by atoms with Crippen LogP contribution in [0.3, 0.4) is 0 Å². The number of benzene rings is 2. The van der Waals surface area contributed by atoms with Crippen LogP contribution in [-0.4, -0.2) is 32.0 Å². The maximum atomic E-state index is 12.9. The first-order valence-electron chi connectivity index (χ1n) is 8.82. The minimum atomic E-state index is -0.0989. The SMILES string of the molecule is COc1ccccc1C=C1Sc2ccc(C(=O)NC3CC3)cc2N(C)C1=O. The Morgan fingerprint density at radius 3 is 2.78 bits per heavy atom. The molecule has 4 rings (SSSR count). The van der Waals surface area contributed by atoms with E-state index in [9.17, 15) is 9.59 Å². The van der Waals surface area contributed by atoms with Gasteiger partial charge in [0.05, 0.1) is 17.7 Å². The van der Waals surface area contributed by atoms with Gasteiger partial charge in [0.2, 0.25) is 0 Å². The molecule has 1 fully saturated rings. The van der Waals surface area contributed by atoms with Gasteiger partial charge in [-0.1, -0.05) is 30.0 Å². The lowest BCUT2D eigenvalue weighted by molar-refractivity contribution is -0.114. The van der Waals surface area contributed by atoms with E-state index < -0.39 is 0 Å². The quantitative estimate of drug-likeness (QED) is 0.822. The van der Waals surface area contributed by atoms with Gasteiger partial charge < -0.3 is 15.0 Å². The third-order valence-electron chi connectivity index (χ3n) is 4.66. The molecule has 0 saturated heterocycles. The zero-order valence-corrected chi connectivity index (χ0v) is 16.0. The summed E-state index contributed by atoms with van der Waals surface area (Å²) >= 11 is 1.41. The number of carbonyl (C=O) groups is 2. The minimum absolute atomic E-state index is 0.0819. The van der Waals surface area contributed by atoms with E-state index in [1.54, 1.807) is 25.1 Å². The van der Waals surface area contributed by atoms with Crippen LogP contribution in [0.1, 0.15) is 28.8 Å². The fraction of sp³-hybridized carbons (Fsp3) is 0.238. The van der Waals surface area contributed by atoms with Crippen molar-refractivity contribution < 1.29 is 14.3 Å². The van der Waals surface area contributed by atoms with Gasteiger partial charge in [-0.25, -0.2) is 0 Å². The molecule has 27 heavy (non-hydrogen) atoms. The number of rotatable bonds is 4. The Morgan fingerprint density at radius 2 is 2.04 bits per heavy atom. The number of nitrogens with zero attached hydrogens (tertiary/aromatic N) is 1. The predicted octanol–water partition coefficient (Wildman–Crippen LogP) is 3.70. The van der Waals surface area contributed by atoms with E-state index in [1.165, 1.54) is 11.8 Å². The fourth-order valence-electron chi connectivity index (χ4n) is 2.96. The second-order valence-corrected chi connectivity index (χ2v) is 7.73. The molecular formula is C21H20N2O3S. The average Bonchev–Trinajstić information content (AvgIpc) is 3.50. The Hall–Kier alpha value is -2.73. The predicted molar refractivity (Wildman–Crippen MR) is 107 cm³/mol. The molecule has 1 saturated carbocycles. The molecule has 1 N–H and O–H groups in total. The number of likely N-dealkylation sites (N-methyl/N-ethyl adjacent to an activating group) is 1. The number of methoxy groups -OCH3 is 1. The fourth-order valence-corrected chi connectivity index (χ4v) is 4.04. The van der Waals surface area contributed by atoms with Gasteiger partial charge in [-0.2, -0.15) is 0 Å². The van der Waals surface area contributed by atoms with Crippen LogP contribution in [0, 0.1) is 0 Å². The molecule has 2 amide bonds. The summed E-state index contributed by atoms with van der Waals surface area (Å²) in [5.41, 5.74) is 2.19. The first-order valence-corrected chi connectivity index (χ1v) is 9.64. The number of carbonyl (C=O) groups excluding carboxylic acids is 2. The normalized spacial score (nSPS) is 17.6. The maximum absolute atomic E-state index is 12.9. The third-order valence-corrected chi connectivity index (χ3v) is 5.73. The largest absolute Gasteiger partial charge is 0.496 e. The van der Waals surface area contributed by atoms with Gasteiger partial charge in [-0.3, -0.25) is 9.59 Å². The highest BCUT2D eigenvalue weighted by atomic mass is 32.2. The molecule has 0 spiro atoms. The molecule has 2 aromatic carbocycles. The van der Waals surface area contributed by atoms with Crippen LogP contribution in [0.2, 0.25) is 0 Å². The van der Waals surface area contributed by atoms with Crippen LogP contribution in [0.4, 0.5) is 5.69 Å². The lowest BCUT2D eigenvalue weighted by Gasteiger charge is -2.27. The van der Waals surface area contributed by atoms with E-state index in [2.05, 4.69) is 5.32 Å². The van der Waals surface area contributed by atoms with E-state index in [0.717, 1.165) is 34.7 Å². The van der Waals surface area contributed by atoms with Crippen molar-refractivity contribution in [2.45, 2.75) is 23.8 Å². The van der Waals surface area contributed by atoms with Gasteiger partial charge in [-0.15, -0.1) is 0 Å². The Labute approximate surface area is 162 Å². The van der Waals surface area contributed by atoms with E-state index >= 15 is 0 Å². The van der Waals surface area contributed by atoms with Crippen molar-refractivity contribution in [3.05, 3.63) is 58.5 Å². The molecule has 0 atom stereocenters. The van der Waals surface area contributed by atoms with Crippen LogP contribution in [0.25, 0.3) is 6.08 Å². The summed E-state index contributed by atoms with van der Waals surface area (Å²) < 4.78 is 5.37. The molecule has 0 bridgehead atoms. The minimum Gasteiger partial charge on any atom is -0.496 e. The first kappa shape index (κ1) is 17.7.